The predicted molar refractivity (Wildman–Crippen MR) is 106 cm³/mol. The second-order valence-electron chi connectivity index (χ2n) is 7.39. The number of benzene rings is 2. The van der Waals surface area contributed by atoms with Crippen LogP contribution in [0.2, 0.25) is 0 Å². The summed E-state index contributed by atoms with van der Waals surface area (Å²) in [7, 11) is 0. The monoisotopic (exact) mass is 375 g/mol. The van der Waals surface area contributed by atoms with E-state index in [0.29, 0.717) is 11.1 Å². The van der Waals surface area contributed by atoms with Gasteiger partial charge in [0.05, 0.1) is 6.54 Å². The summed E-state index contributed by atoms with van der Waals surface area (Å²) in [6.45, 7) is 5.05. The van der Waals surface area contributed by atoms with Crippen molar-refractivity contribution >= 4 is 28.5 Å². The van der Waals surface area contributed by atoms with Gasteiger partial charge in [0.15, 0.2) is 5.78 Å². The number of aryl methyl sites for hydroxylation is 2. The summed E-state index contributed by atoms with van der Waals surface area (Å²) >= 11 is 0. The Balaban J connectivity index is 1.68. The van der Waals surface area contributed by atoms with E-state index < -0.39 is 17.5 Å². The molecule has 6 nitrogen and oxygen atoms in total. The van der Waals surface area contributed by atoms with Crippen LogP contribution in [0.1, 0.15) is 34.2 Å². The number of aromatic amines is 1. The first kappa shape index (κ1) is 18.0. The number of ketones is 1. The summed E-state index contributed by atoms with van der Waals surface area (Å²) in [5.41, 5.74) is 1.58. The Kier molecular flexibility index (Phi) is 4.07. The molecule has 0 bridgehead atoms. The maximum atomic E-state index is 13.2. The van der Waals surface area contributed by atoms with Gasteiger partial charge in [-0.05, 0) is 43.2 Å². The topological polar surface area (TPSA) is 82.3 Å². The Morgan fingerprint density at radius 3 is 2.50 bits per heavy atom. The molecule has 3 aromatic rings. The molecule has 1 unspecified atom stereocenters. The minimum atomic E-state index is -1.22. The molecule has 2 N–H and O–H groups in total. The van der Waals surface area contributed by atoms with Gasteiger partial charge in [-0.15, -0.1) is 0 Å². The molecule has 0 radical (unpaired) electrons. The molecule has 1 aliphatic heterocycles. The molecular formula is C22H21N3O3. The molecule has 28 heavy (non-hydrogen) atoms. The van der Waals surface area contributed by atoms with Crippen molar-refractivity contribution in [2.45, 2.75) is 26.3 Å². The van der Waals surface area contributed by atoms with Gasteiger partial charge in [0.25, 0.3) is 5.91 Å². The lowest BCUT2D eigenvalue weighted by Gasteiger charge is -2.24. The van der Waals surface area contributed by atoms with Gasteiger partial charge in [-0.25, -0.2) is 4.79 Å². The quantitative estimate of drug-likeness (QED) is 0.541. The van der Waals surface area contributed by atoms with E-state index >= 15 is 0 Å². The third-order valence-electron chi connectivity index (χ3n) is 5.35. The fourth-order valence-electron chi connectivity index (χ4n) is 3.93. The zero-order chi connectivity index (χ0) is 20.1. The van der Waals surface area contributed by atoms with Crippen molar-refractivity contribution in [3.05, 3.63) is 71.0 Å². The van der Waals surface area contributed by atoms with Crippen LogP contribution in [0.15, 0.2) is 48.5 Å². The number of urea groups is 1. The number of fused-ring (bicyclic) bond motifs is 1. The van der Waals surface area contributed by atoms with Crippen molar-refractivity contribution in [1.82, 2.24) is 15.2 Å². The van der Waals surface area contributed by atoms with Crippen LogP contribution in [0.3, 0.4) is 0 Å². The Hall–Kier alpha value is -3.41. The summed E-state index contributed by atoms with van der Waals surface area (Å²) in [4.78, 5) is 42.6. The van der Waals surface area contributed by atoms with Crippen molar-refractivity contribution in [2.75, 3.05) is 6.54 Å². The lowest BCUT2D eigenvalue weighted by Crippen LogP contribution is -2.41. The molecule has 2 heterocycles. The van der Waals surface area contributed by atoms with Crippen LogP contribution in [-0.4, -0.2) is 34.2 Å². The normalized spacial score (nSPS) is 19.3. The highest BCUT2D eigenvalue weighted by molar-refractivity contribution is 6.12. The summed E-state index contributed by atoms with van der Waals surface area (Å²) in [5.74, 6) is -0.695. The largest absolute Gasteiger partial charge is 0.362 e. The third kappa shape index (κ3) is 2.69. The SMILES string of the molecule is Cc1cc(C(=O)CN2C(=O)NC(C)(c3cccc4ccccc34)C2=O)c(C)[nH]1. The van der Waals surface area contributed by atoms with Crippen LogP contribution in [0.25, 0.3) is 10.8 Å². The van der Waals surface area contributed by atoms with Gasteiger partial charge in [0.1, 0.15) is 5.54 Å². The van der Waals surface area contributed by atoms with E-state index in [1.54, 1.807) is 19.9 Å². The van der Waals surface area contributed by atoms with Gasteiger partial charge in [0, 0.05) is 17.0 Å². The zero-order valence-electron chi connectivity index (χ0n) is 16.0. The average molecular weight is 375 g/mol. The summed E-state index contributed by atoms with van der Waals surface area (Å²) in [6.07, 6.45) is 0. The number of nitrogens with one attached hydrogen (secondary N) is 2. The molecule has 2 aromatic carbocycles. The lowest BCUT2D eigenvalue weighted by atomic mass is 9.88. The molecular weight excluding hydrogens is 354 g/mol. The van der Waals surface area contributed by atoms with Crippen molar-refractivity contribution in [3.63, 3.8) is 0 Å². The van der Waals surface area contributed by atoms with Crippen LogP contribution >= 0.6 is 0 Å². The number of carbonyl (C=O) groups is 3. The molecule has 1 fully saturated rings. The van der Waals surface area contributed by atoms with Crippen molar-refractivity contribution < 1.29 is 14.4 Å². The summed E-state index contributed by atoms with van der Waals surface area (Å²) < 4.78 is 0. The predicted octanol–water partition coefficient (Wildman–Crippen LogP) is 3.43. The van der Waals surface area contributed by atoms with E-state index in [4.69, 9.17) is 0 Å². The van der Waals surface area contributed by atoms with Crippen molar-refractivity contribution in [2.24, 2.45) is 0 Å². The number of H-pyrrole nitrogens is 1. The van der Waals surface area contributed by atoms with E-state index in [2.05, 4.69) is 10.3 Å². The molecule has 0 spiro atoms. The van der Waals surface area contributed by atoms with E-state index in [0.717, 1.165) is 27.1 Å². The minimum absolute atomic E-state index is 0.271. The van der Waals surface area contributed by atoms with Crippen LogP contribution in [0.4, 0.5) is 4.79 Å². The number of hydrogen-bond donors (Lipinski definition) is 2. The van der Waals surface area contributed by atoms with Crippen molar-refractivity contribution in [1.29, 1.82) is 0 Å². The first-order valence-electron chi connectivity index (χ1n) is 9.13. The fraction of sp³-hybridized carbons (Fsp3) is 0.227. The maximum Gasteiger partial charge on any atom is 0.325 e. The smallest absolute Gasteiger partial charge is 0.325 e. The van der Waals surface area contributed by atoms with Gasteiger partial charge >= 0.3 is 6.03 Å². The Morgan fingerprint density at radius 1 is 1.07 bits per heavy atom. The molecule has 0 saturated carbocycles. The number of carbonyl (C=O) groups excluding carboxylic acids is 3. The molecule has 3 amide bonds. The highest BCUT2D eigenvalue weighted by Gasteiger charge is 2.50. The zero-order valence-corrected chi connectivity index (χ0v) is 16.0. The number of rotatable bonds is 4. The molecule has 1 saturated heterocycles. The number of hydrogen-bond acceptors (Lipinski definition) is 3. The number of Topliss-reactive ketones (excluding diaryl/α,β-unsaturated/α-hetero) is 1. The summed E-state index contributed by atoms with van der Waals surface area (Å²) in [5, 5.41) is 4.67. The minimum Gasteiger partial charge on any atom is -0.362 e. The molecule has 1 atom stereocenters. The highest BCUT2D eigenvalue weighted by Crippen LogP contribution is 2.34. The van der Waals surface area contributed by atoms with E-state index in [9.17, 15) is 14.4 Å². The van der Waals surface area contributed by atoms with Crippen LogP contribution in [0.5, 0.6) is 0 Å². The molecule has 1 aliphatic rings. The number of amides is 3. The molecule has 1 aromatic heterocycles. The molecule has 142 valence electrons. The van der Waals surface area contributed by atoms with Gasteiger partial charge in [0.2, 0.25) is 0 Å². The maximum absolute atomic E-state index is 13.2. The van der Waals surface area contributed by atoms with E-state index in [1.807, 2.05) is 49.4 Å². The van der Waals surface area contributed by atoms with Crippen LogP contribution in [-0.2, 0) is 10.3 Å². The highest BCUT2D eigenvalue weighted by atomic mass is 16.2. The Labute approximate surface area is 162 Å². The van der Waals surface area contributed by atoms with Gasteiger partial charge in [-0.3, -0.25) is 14.5 Å². The number of imide groups is 1. The number of aromatic nitrogens is 1. The Morgan fingerprint density at radius 2 is 1.79 bits per heavy atom. The average Bonchev–Trinajstić information content (AvgIpc) is 3.12. The van der Waals surface area contributed by atoms with Gasteiger partial charge in [-0.1, -0.05) is 42.5 Å². The van der Waals surface area contributed by atoms with E-state index in [1.165, 1.54) is 0 Å². The van der Waals surface area contributed by atoms with Crippen molar-refractivity contribution in [3.8, 4) is 0 Å². The third-order valence-corrected chi connectivity index (χ3v) is 5.35. The first-order valence-corrected chi connectivity index (χ1v) is 9.13. The molecule has 0 aliphatic carbocycles. The molecule has 4 rings (SSSR count). The second kappa shape index (κ2) is 6.34. The first-order chi connectivity index (χ1) is 13.3. The molecule has 6 heteroatoms. The Bertz CT molecular complexity index is 1130. The van der Waals surface area contributed by atoms with Gasteiger partial charge < -0.3 is 10.3 Å². The van der Waals surface area contributed by atoms with Gasteiger partial charge in [-0.2, -0.15) is 0 Å². The number of nitrogens with zero attached hydrogens (tertiary/aromatic N) is 1. The summed E-state index contributed by atoms with van der Waals surface area (Å²) in [6, 6.07) is 14.6. The standard InChI is InChI=1S/C22H21N3O3/c1-13-11-17(14(2)23-13)19(26)12-25-20(27)22(3,24-21(25)28)18-10-6-8-15-7-4-5-9-16(15)18/h4-11,23H,12H2,1-3H3,(H,24,28). The van der Waals surface area contributed by atoms with E-state index in [-0.39, 0.29) is 12.3 Å². The second-order valence-corrected chi connectivity index (χ2v) is 7.39. The fourth-order valence-corrected chi connectivity index (χ4v) is 3.93. The van der Waals surface area contributed by atoms with Crippen LogP contribution in [0, 0.1) is 13.8 Å². The van der Waals surface area contributed by atoms with Crippen LogP contribution < -0.4 is 5.32 Å². The lowest BCUT2D eigenvalue weighted by molar-refractivity contribution is -0.130.